The molecule has 1 N–H and O–H groups in total. The molecule has 1 fully saturated rings. The van der Waals surface area contributed by atoms with Crippen molar-refractivity contribution in [2.45, 2.75) is 25.3 Å². The average Bonchev–Trinajstić information content (AvgIpc) is 3.11. The van der Waals surface area contributed by atoms with E-state index in [9.17, 15) is 4.79 Å². The highest BCUT2D eigenvalue weighted by Gasteiger charge is 2.26. The molecule has 1 amide bonds. The number of likely N-dealkylation sites (tertiary alicyclic amines) is 1. The number of carbonyl (C=O) groups excluding carboxylic acids is 1. The van der Waals surface area contributed by atoms with Gasteiger partial charge in [0.25, 0.3) is 5.91 Å². The van der Waals surface area contributed by atoms with Crippen LogP contribution in [0.5, 0.6) is 0 Å². The predicted molar refractivity (Wildman–Crippen MR) is 79.9 cm³/mol. The lowest BCUT2D eigenvalue weighted by Crippen LogP contribution is -2.41. The van der Waals surface area contributed by atoms with Crippen molar-refractivity contribution in [3.63, 3.8) is 0 Å². The van der Waals surface area contributed by atoms with Crippen LogP contribution < -0.4 is 5.32 Å². The molecule has 120 valence electrons. The smallest absolute Gasteiger partial charge is 0.289 e. The van der Waals surface area contributed by atoms with E-state index in [0.717, 1.165) is 18.8 Å². The zero-order valence-electron chi connectivity index (χ0n) is 12.6. The minimum Gasteiger partial charge on any atom is -0.494 e. The fourth-order valence-electron chi connectivity index (χ4n) is 2.88. The zero-order chi connectivity index (χ0) is 15.2. The Hall–Kier alpha value is -1.95. The highest BCUT2D eigenvalue weighted by Crippen LogP contribution is 2.24. The molecule has 0 aliphatic carbocycles. The Kier molecular flexibility index (Phi) is 5.00. The summed E-state index contributed by atoms with van der Waals surface area (Å²) in [7, 11) is 0. The summed E-state index contributed by atoms with van der Waals surface area (Å²) in [6.07, 6.45) is 6.70. The second-order valence-corrected chi connectivity index (χ2v) is 5.54. The maximum atomic E-state index is 12.1. The minimum atomic E-state index is -0.242. The van der Waals surface area contributed by atoms with Gasteiger partial charge in [0, 0.05) is 6.54 Å². The molecule has 1 aromatic heterocycles. The fraction of sp³-hybridized carbons (Fsp3) is 0.562. The first kappa shape index (κ1) is 15.0. The van der Waals surface area contributed by atoms with Crippen LogP contribution in [0.15, 0.2) is 34.8 Å². The lowest BCUT2D eigenvalue weighted by Gasteiger charge is -2.33. The molecular weight excluding hydrogens is 284 g/mol. The molecule has 0 spiro atoms. The molecule has 6 heteroatoms. The third-order valence-corrected chi connectivity index (χ3v) is 4.03. The average molecular weight is 306 g/mol. The van der Waals surface area contributed by atoms with Gasteiger partial charge in [0.2, 0.25) is 5.76 Å². The Morgan fingerprint density at radius 2 is 2.14 bits per heavy atom. The van der Waals surface area contributed by atoms with Gasteiger partial charge in [0.05, 0.1) is 12.3 Å². The SMILES string of the molecule is O=C(NCC(c1ccco1)N1CCCCC1)C1=COCCO1. The van der Waals surface area contributed by atoms with E-state index in [1.54, 1.807) is 6.26 Å². The van der Waals surface area contributed by atoms with Gasteiger partial charge in [0.15, 0.2) is 0 Å². The minimum absolute atomic E-state index is 0.0596. The molecule has 22 heavy (non-hydrogen) atoms. The first-order valence-electron chi connectivity index (χ1n) is 7.85. The van der Waals surface area contributed by atoms with E-state index in [4.69, 9.17) is 13.9 Å². The molecule has 1 saturated heterocycles. The van der Waals surface area contributed by atoms with Gasteiger partial charge < -0.3 is 19.2 Å². The van der Waals surface area contributed by atoms with E-state index < -0.39 is 0 Å². The Morgan fingerprint density at radius 1 is 1.27 bits per heavy atom. The Balaban J connectivity index is 1.62. The van der Waals surface area contributed by atoms with E-state index in [-0.39, 0.29) is 17.7 Å². The van der Waals surface area contributed by atoms with Crippen LogP contribution in [-0.4, -0.2) is 43.7 Å². The van der Waals surface area contributed by atoms with Crippen LogP contribution >= 0.6 is 0 Å². The van der Waals surface area contributed by atoms with E-state index in [1.165, 1.54) is 25.5 Å². The van der Waals surface area contributed by atoms with Crippen LogP contribution in [0.4, 0.5) is 0 Å². The summed E-state index contributed by atoms with van der Waals surface area (Å²) < 4.78 is 16.0. The summed E-state index contributed by atoms with van der Waals surface area (Å²) in [6.45, 7) is 3.45. The molecule has 0 radical (unpaired) electrons. The summed E-state index contributed by atoms with van der Waals surface area (Å²) in [5, 5.41) is 2.92. The standard InChI is InChI=1S/C16H22N2O4/c19-16(15-12-20-9-10-22-15)17-11-13(14-5-4-8-21-14)18-6-2-1-3-7-18/h4-5,8,12-13H,1-3,6-7,9-11H2,(H,17,19). The van der Waals surface area contributed by atoms with Crippen LogP contribution in [0.1, 0.15) is 31.1 Å². The van der Waals surface area contributed by atoms with Crippen molar-refractivity contribution in [3.8, 4) is 0 Å². The van der Waals surface area contributed by atoms with Gasteiger partial charge in [-0.1, -0.05) is 6.42 Å². The molecule has 2 aliphatic rings. The molecule has 0 aromatic carbocycles. The number of nitrogens with zero attached hydrogens (tertiary/aromatic N) is 1. The van der Waals surface area contributed by atoms with Gasteiger partial charge in [-0.05, 0) is 38.1 Å². The van der Waals surface area contributed by atoms with Crippen molar-refractivity contribution < 1.29 is 18.7 Å². The number of rotatable bonds is 5. The van der Waals surface area contributed by atoms with Crippen molar-refractivity contribution in [3.05, 3.63) is 36.2 Å². The van der Waals surface area contributed by atoms with E-state index in [1.807, 2.05) is 12.1 Å². The van der Waals surface area contributed by atoms with Crippen molar-refractivity contribution in [2.24, 2.45) is 0 Å². The number of nitrogens with one attached hydrogen (secondary N) is 1. The number of hydrogen-bond donors (Lipinski definition) is 1. The molecule has 3 rings (SSSR count). The number of amides is 1. The summed E-state index contributed by atoms with van der Waals surface area (Å²) >= 11 is 0. The maximum Gasteiger partial charge on any atom is 0.289 e. The van der Waals surface area contributed by atoms with Gasteiger partial charge >= 0.3 is 0 Å². The molecule has 0 saturated carbocycles. The highest BCUT2D eigenvalue weighted by molar-refractivity contribution is 5.91. The number of furan rings is 1. The number of ether oxygens (including phenoxy) is 2. The largest absolute Gasteiger partial charge is 0.494 e. The maximum absolute atomic E-state index is 12.1. The number of piperidine rings is 1. The molecule has 0 bridgehead atoms. The molecule has 6 nitrogen and oxygen atoms in total. The highest BCUT2D eigenvalue weighted by atomic mass is 16.6. The second kappa shape index (κ2) is 7.35. The van der Waals surface area contributed by atoms with Crippen molar-refractivity contribution in [1.82, 2.24) is 10.2 Å². The van der Waals surface area contributed by atoms with E-state index in [0.29, 0.717) is 19.8 Å². The van der Waals surface area contributed by atoms with Gasteiger partial charge in [-0.15, -0.1) is 0 Å². The summed E-state index contributed by atoms with van der Waals surface area (Å²) in [5.74, 6) is 0.883. The molecule has 1 atom stereocenters. The molecule has 1 aromatic rings. The Morgan fingerprint density at radius 3 is 2.82 bits per heavy atom. The van der Waals surface area contributed by atoms with Crippen LogP contribution in [0, 0.1) is 0 Å². The van der Waals surface area contributed by atoms with Crippen LogP contribution in [0.3, 0.4) is 0 Å². The van der Waals surface area contributed by atoms with Gasteiger partial charge in [0.1, 0.15) is 25.2 Å². The summed E-state index contributed by atoms with van der Waals surface area (Å²) in [6, 6.07) is 3.91. The quantitative estimate of drug-likeness (QED) is 0.899. The summed E-state index contributed by atoms with van der Waals surface area (Å²) in [5.41, 5.74) is 0. The molecule has 3 heterocycles. The van der Waals surface area contributed by atoms with Crippen LogP contribution in [0.2, 0.25) is 0 Å². The Bertz CT molecular complexity index is 506. The van der Waals surface area contributed by atoms with E-state index in [2.05, 4.69) is 10.2 Å². The van der Waals surface area contributed by atoms with Gasteiger partial charge in [-0.3, -0.25) is 9.69 Å². The number of hydrogen-bond acceptors (Lipinski definition) is 5. The summed E-state index contributed by atoms with van der Waals surface area (Å²) in [4.78, 5) is 14.5. The van der Waals surface area contributed by atoms with Crippen LogP contribution in [0.25, 0.3) is 0 Å². The third kappa shape index (κ3) is 3.62. The molecule has 2 aliphatic heterocycles. The van der Waals surface area contributed by atoms with Crippen molar-refractivity contribution in [2.75, 3.05) is 32.8 Å². The van der Waals surface area contributed by atoms with Crippen molar-refractivity contribution in [1.29, 1.82) is 0 Å². The normalized spacial score (nSPS) is 20.5. The third-order valence-electron chi connectivity index (χ3n) is 4.03. The monoisotopic (exact) mass is 306 g/mol. The van der Waals surface area contributed by atoms with Crippen LogP contribution in [-0.2, 0) is 14.3 Å². The van der Waals surface area contributed by atoms with Crippen molar-refractivity contribution >= 4 is 5.91 Å². The zero-order valence-corrected chi connectivity index (χ0v) is 12.6. The predicted octanol–water partition coefficient (Wildman–Crippen LogP) is 1.81. The first-order valence-corrected chi connectivity index (χ1v) is 7.85. The molecular formula is C16H22N2O4. The van der Waals surface area contributed by atoms with Gasteiger partial charge in [-0.2, -0.15) is 0 Å². The lowest BCUT2D eigenvalue weighted by molar-refractivity contribution is -0.122. The van der Waals surface area contributed by atoms with E-state index >= 15 is 0 Å². The number of carbonyl (C=O) groups is 1. The lowest BCUT2D eigenvalue weighted by atomic mass is 10.1. The fourth-order valence-corrected chi connectivity index (χ4v) is 2.88. The van der Waals surface area contributed by atoms with Gasteiger partial charge in [-0.25, -0.2) is 0 Å². The first-order chi connectivity index (χ1) is 10.8. The Labute approximate surface area is 130 Å². The topological polar surface area (TPSA) is 63.9 Å². The second-order valence-electron chi connectivity index (χ2n) is 5.54. The molecule has 1 unspecified atom stereocenters.